The Bertz CT molecular complexity index is 803. The van der Waals surface area contributed by atoms with Crippen molar-refractivity contribution in [3.05, 3.63) is 97.2 Å². The van der Waals surface area contributed by atoms with Gasteiger partial charge in [-0.3, -0.25) is 0 Å². The number of rotatable bonds is 28. The molecule has 0 aromatic rings. The van der Waals surface area contributed by atoms with Crippen molar-refractivity contribution >= 4 is 11.9 Å². The molecule has 5 heteroatoms. The summed E-state index contributed by atoms with van der Waals surface area (Å²) in [5, 5.41) is 20.4. The van der Waals surface area contributed by atoms with Gasteiger partial charge in [0.25, 0.3) is 0 Å². The Morgan fingerprint density at radius 3 is 0.822 bits per heavy atom. The fraction of sp³-hybridized carbons (Fsp3) is 0.550. The second kappa shape index (κ2) is 43.5. The number of carbonyl (C=O) groups excluding carboxylic acids is 2. The summed E-state index contributed by atoms with van der Waals surface area (Å²) >= 11 is 0. The van der Waals surface area contributed by atoms with E-state index in [4.69, 9.17) is 0 Å². The summed E-state index contributed by atoms with van der Waals surface area (Å²) < 4.78 is 0. The molecule has 0 fully saturated rings. The van der Waals surface area contributed by atoms with Gasteiger partial charge >= 0.3 is 17.1 Å². The molecule has 0 saturated heterocycles. The quantitative estimate of drug-likeness (QED) is 0.0472. The molecule has 0 aromatic carbocycles. The van der Waals surface area contributed by atoms with Gasteiger partial charge in [-0.1, -0.05) is 137 Å². The smallest absolute Gasteiger partial charge is 0.550 e. The zero-order chi connectivity index (χ0) is 32.6. The zero-order valence-corrected chi connectivity index (χ0v) is 29.3. The predicted octanol–water partition coefficient (Wildman–Crippen LogP) is 9.76. The van der Waals surface area contributed by atoms with Crippen molar-refractivity contribution < 1.29 is 36.9 Å². The molecule has 0 aliphatic rings. The molecule has 0 spiro atoms. The molecule has 0 rings (SSSR count). The molecular weight excluding hydrogens is 608 g/mol. The normalized spacial score (nSPS) is 12.1. The van der Waals surface area contributed by atoms with Crippen LogP contribution < -0.4 is 10.2 Å². The van der Waals surface area contributed by atoms with Gasteiger partial charge in [-0.15, -0.1) is 0 Å². The molecule has 4 nitrogen and oxygen atoms in total. The summed E-state index contributed by atoms with van der Waals surface area (Å²) in [7, 11) is 0. The molecule has 45 heavy (non-hydrogen) atoms. The first kappa shape index (κ1) is 46.8. The minimum atomic E-state index is -0.962. The van der Waals surface area contributed by atoms with Gasteiger partial charge in [-0.05, 0) is 103 Å². The van der Waals surface area contributed by atoms with Gasteiger partial charge in [0.05, 0.1) is 0 Å². The maximum atomic E-state index is 10.2. The number of hydrogen-bond donors (Lipinski definition) is 0. The second-order valence-electron chi connectivity index (χ2n) is 10.7. The molecule has 0 saturated carbocycles. The van der Waals surface area contributed by atoms with Gasteiger partial charge in [0.2, 0.25) is 0 Å². The monoisotopic (exact) mass is 669 g/mol. The Morgan fingerprint density at radius 1 is 0.378 bits per heavy atom. The van der Waals surface area contributed by atoms with Gasteiger partial charge in [0.1, 0.15) is 0 Å². The van der Waals surface area contributed by atoms with E-state index in [0.29, 0.717) is 12.8 Å². The van der Waals surface area contributed by atoms with Crippen molar-refractivity contribution in [1.82, 2.24) is 0 Å². The van der Waals surface area contributed by atoms with Crippen molar-refractivity contribution in [3.8, 4) is 0 Å². The predicted molar refractivity (Wildman–Crippen MR) is 187 cm³/mol. The van der Waals surface area contributed by atoms with E-state index in [1.54, 1.807) is 0 Å². The third-order valence-electron chi connectivity index (χ3n) is 6.42. The Hall–Kier alpha value is -2.62. The van der Waals surface area contributed by atoms with E-state index in [1.807, 2.05) is 12.2 Å². The van der Waals surface area contributed by atoms with Crippen molar-refractivity contribution in [2.24, 2.45) is 0 Å². The first-order chi connectivity index (χ1) is 21.5. The Kier molecular flexibility index (Phi) is 45.2. The van der Waals surface area contributed by atoms with Crippen molar-refractivity contribution in [1.29, 1.82) is 0 Å². The summed E-state index contributed by atoms with van der Waals surface area (Å²) in [4.78, 5) is 20.4. The summed E-state index contributed by atoms with van der Waals surface area (Å²) in [6.45, 7) is 4.46. The number of allylic oxidation sites excluding steroid dienone is 16. The van der Waals surface area contributed by atoms with E-state index in [-0.39, 0.29) is 29.9 Å². The van der Waals surface area contributed by atoms with Crippen LogP contribution in [0, 0.1) is 0 Å². The molecule has 1 radical (unpaired) electrons. The first-order valence-corrected chi connectivity index (χ1v) is 17.1. The summed E-state index contributed by atoms with van der Waals surface area (Å²) in [5.41, 5.74) is 0. The minimum Gasteiger partial charge on any atom is -0.550 e. The van der Waals surface area contributed by atoms with Gasteiger partial charge < -0.3 is 19.8 Å². The Morgan fingerprint density at radius 2 is 0.600 bits per heavy atom. The molecule has 0 bridgehead atoms. The number of carboxylic acid groups (broad SMARTS) is 2. The molecule has 0 aromatic heterocycles. The van der Waals surface area contributed by atoms with E-state index in [2.05, 4.69) is 98.9 Å². The molecule has 0 amide bonds. The van der Waals surface area contributed by atoms with E-state index in [0.717, 1.165) is 51.4 Å². The topological polar surface area (TPSA) is 80.3 Å². The average Bonchev–Trinajstić information content (AvgIpc) is 3.00. The molecule has 0 unspecified atom stereocenters. The third-order valence-corrected chi connectivity index (χ3v) is 6.42. The van der Waals surface area contributed by atoms with Gasteiger partial charge in [-0.25, -0.2) is 0 Å². The van der Waals surface area contributed by atoms with E-state index in [1.165, 1.54) is 51.4 Å². The maximum absolute atomic E-state index is 10.2. The fourth-order valence-electron chi connectivity index (χ4n) is 3.85. The summed E-state index contributed by atoms with van der Waals surface area (Å²) in [5.74, 6) is -1.92. The maximum Gasteiger partial charge on any atom is 2.00 e. The average molecular weight is 670 g/mol. The number of hydrogen-bond acceptors (Lipinski definition) is 4. The molecule has 257 valence electrons. The van der Waals surface area contributed by atoms with Crippen LogP contribution in [0.15, 0.2) is 97.2 Å². The van der Waals surface area contributed by atoms with Crippen LogP contribution in [0.25, 0.3) is 0 Å². The van der Waals surface area contributed by atoms with E-state index in [9.17, 15) is 19.8 Å². The van der Waals surface area contributed by atoms with Crippen LogP contribution in [0.2, 0.25) is 0 Å². The number of carboxylic acids is 2. The molecule has 0 heterocycles. The van der Waals surface area contributed by atoms with E-state index < -0.39 is 11.9 Å². The van der Waals surface area contributed by atoms with Crippen LogP contribution in [0.1, 0.15) is 142 Å². The SMILES string of the molecule is CCCCC/C=C\C/C=C\C/C=C\C/C=C\CCCC(=O)[O-].CCCCC/C=C\C/C=C\C/C=C\C/C=C\CCCC(=O)[O-].[Cu+2]. The van der Waals surface area contributed by atoms with Crippen molar-refractivity contribution in [3.63, 3.8) is 0 Å². The zero-order valence-electron chi connectivity index (χ0n) is 28.3. The van der Waals surface area contributed by atoms with Crippen molar-refractivity contribution in [2.45, 2.75) is 142 Å². The second-order valence-corrected chi connectivity index (χ2v) is 10.7. The largest absolute Gasteiger partial charge is 2.00 e. The third kappa shape index (κ3) is 51.3. The standard InChI is InChI=1S/2C20H32O2.Cu/c2*1-2-3-4-5-6-7-8-9-10-11-12-13-14-15-16-17-18-19-20(21)22;/h2*6-7,9-10,12-13,15-16H,2-5,8,11,14,17-19H2,1H3,(H,21,22);/q;;+2/p-2/b2*7-6-,10-9-,13-12-,16-15-;. The molecule has 0 aliphatic carbocycles. The Balaban J connectivity index is -0.000000767. The first-order valence-electron chi connectivity index (χ1n) is 17.1. The number of unbranched alkanes of at least 4 members (excludes halogenated alkanes) is 8. The summed E-state index contributed by atoms with van der Waals surface area (Å²) in [6.07, 6.45) is 54.0. The van der Waals surface area contributed by atoms with Crippen molar-refractivity contribution in [2.75, 3.05) is 0 Å². The van der Waals surface area contributed by atoms with Crippen LogP contribution >= 0.6 is 0 Å². The van der Waals surface area contributed by atoms with Crippen LogP contribution in [-0.2, 0) is 26.7 Å². The molecule has 0 N–H and O–H groups in total. The number of aliphatic carboxylic acids is 2. The summed E-state index contributed by atoms with van der Waals surface area (Å²) in [6, 6.07) is 0. The van der Waals surface area contributed by atoms with Gasteiger partial charge in [0, 0.05) is 11.9 Å². The molecule has 0 atom stereocenters. The molecular formula is C40H62CuO4. The Labute approximate surface area is 287 Å². The number of carbonyl (C=O) groups is 2. The fourth-order valence-corrected chi connectivity index (χ4v) is 3.85. The van der Waals surface area contributed by atoms with Crippen LogP contribution in [0.5, 0.6) is 0 Å². The van der Waals surface area contributed by atoms with Crippen LogP contribution in [0.3, 0.4) is 0 Å². The van der Waals surface area contributed by atoms with Crippen LogP contribution in [0.4, 0.5) is 0 Å². The minimum absolute atomic E-state index is 0. The van der Waals surface area contributed by atoms with E-state index >= 15 is 0 Å². The molecule has 0 aliphatic heterocycles. The van der Waals surface area contributed by atoms with Gasteiger partial charge in [0.15, 0.2) is 0 Å². The van der Waals surface area contributed by atoms with Gasteiger partial charge in [-0.2, -0.15) is 0 Å². The van der Waals surface area contributed by atoms with Crippen LogP contribution in [-0.4, -0.2) is 11.9 Å².